The summed E-state index contributed by atoms with van der Waals surface area (Å²) in [5, 5.41) is 13.9. The first-order valence-electron chi connectivity index (χ1n) is 5.54. The summed E-state index contributed by atoms with van der Waals surface area (Å²) in [5.41, 5.74) is -0.614. The van der Waals surface area contributed by atoms with E-state index in [1.807, 2.05) is 13.2 Å². The number of carbonyl (C=O) groups excluding carboxylic acids is 1. The molecule has 1 aromatic rings. The maximum absolute atomic E-state index is 13.4. The summed E-state index contributed by atoms with van der Waals surface area (Å²) in [6.07, 6.45) is 1.91. The fourth-order valence-electron chi connectivity index (χ4n) is 1.52. The molecule has 1 unspecified atom stereocenters. The monoisotopic (exact) mass is 286 g/mol. The highest BCUT2D eigenvalue weighted by molar-refractivity contribution is 7.98. The molecule has 2 amide bonds. The number of aromatic carboxylic acids is 1. The van der Waals surface area contributed by atoms with E-state index in [1.54, 1.807) is 11.8 Å². The number of rotatable bonds is 5. The van der Waals surface area contributed by atoms with Crippen molar-refractivity contribution in [3.63, 3.8) is 0 Å². The molecule has 0 aliphatic heterocycles. The Kier molecular flexibility index (Phi) is 5.62. The Labute approximate surface area is 114 Å². The number of nitrogens with one attached hydrogen (secondary N) is 2. The Morgan fingerprint density at radius 1 is 1.47 bits per heavy atom. The van der Waals surface area contributed by atoms with Crippen molar-refractivity contribution in [1.82, 2.24) is 5.32 Å². The predicted molar refractivity (Wildman–Crippen MR) is 73.4 cm³/mol. The van der Waals surface area contributed by atoms with Crippen LogP contribution in [-0.2, 0) is 0 Å². The Morgan fingerprint density at radius 2 is 2.16 bits per heavy atom. The minimum Gasteiger partial charge on any atom is -0.478 e. The summed E-state index contributed by atoms with van der Waals surface area (Å²) in [6.45, 7) is 1.82. The maximum Gasteiger partial charge on any atom is 0.340 e. The lowest BCUT2D eigenvalue weighted by molar-refractivity contribution is 0.0693. The molecule has 0 fully saturated rings. The molecular formula is C12H15FN2O3S. The van der Waals surface area contributed by atoms with Gasteiger partial charge in [-0.2, -0.15) is 11.8 Å². The normalized spacial score (nSPS) is 11.7. The van der Waals surface area contributed by atoms with E-state index in [0.29, 0.717) is 0 Å². The zero-order valence-electron chi connectivity index (χ0n) is 10.6. The van der Waals surface area contributed by atoms with Gasteiger partial charge in [0.1, 0.15) is 11.4 Å². The fraction of sp³-hybridized carbons (Fsp3) is 0.333. The fourth-order valence-corrected chi connectivity index (χ4v) is 2.10. The van der Waals surface area contributed by atoms with Crippen molar-refractivity contribution in [2.45, 2.75) is 13.0 Å². The summed E-state index contributed by atoms with van der Waals surface area (Å²) >= 11 is 1.57. The molecule has 0 radical (unpaired) electrons. The number of hydrogen-bond acceptors (Lipinski definition) is 3. The molecule has 3 N–H and O–H groups in total. The molecule has 0 aromatic heterocycles. The Morgan fingerprint density at radius 3 is 2.74 bits per heavy atom. The molecule has 0 heterocycles. The zero-order chi connectivity index (χ0) is 14.4. The third-order valence-corrected chi connectivity index (χ3v) is 3.10. The van der Waals surface area contributed by atoms with Crippen LogP contribution in [0.5, 0.6) is 0 Å². The van der Waals surface area contributed by atoms with Crippen LogP contribution in [0.15, 0.2) is 18.2 Å². The van der Waals surface area contributed by atoms with Crippen molar-refractivity contribution >= 4 is 29.4 Å². The first kappa shape index (κ1) is 15.3. The molecule has 0 aliphatic rings. The van der Waals surface area contributed by atoms with Gasteiger partial charge in [0.2, 0.25) is 0 Å². The number of hydrogen-bond donors (Lipinski definition) is 3. The van der Waals surface area contributed by atoms with Crippen LogP contribution in [0.25, 0.3) is 0 Å². The number of anilines is 1. The van der Waals surface area contributed by atoms with E-state index >= 15 is 0 Å². The van der Waals surface area contributed by atoms with E-state index in [2.05, 4.69) is 10.6 Å². The van der Waals surface area contributed by atoms with Gasteiger partial charge in [0, 0.05) is 11.8 Å². The second kappa shape index (κ2) is 6.98. The van der Waals surface area contributed by atoms with Crippen LogP contribution in [-0.4, -0.2) is 35.2 Å². The molecule has 0 saturated heterocycles. The SMILES string of the molecule is CSCC(C)NC(=O)Nc1cccc(F)c1C(=O)O. The second-order valence-electron chi connectivity index (χ2n) is 3.92. The number of carboxylic acid groups (broad SMARTS) is 1. The predicted octanol–water partition coefficient (Wildman–Crippen LogP) is 2.40. The Bertz CT molecular complexity index is 482. The minimum atomic E-state index is -1.43. The minimum absolute atomic E-state index is 0.0682. The van der Waals surface area contributed by atoms with Gasteiger partial charge in [-0.05, 0) is 25.3 Å². The summed E-state index contributed by atoms with van der Waals surface area (Å²) in [7, 11) is 0. The number of benzene rings is 1. The van der Waals surface area contributed by atoms with Crippen LogP contribution >= 0.6 is 11.8 Å². The van der Waals surface area contributed by atoms with Crippen molar-refractivity contribution in [1.29, 1.82) is 0 Å². The third-order valence-electron chi connectivity index (χ3n) is 2.27. The topological polar surface area (TPSA) is 78.4 Å². The van der Waals surface area contributed by atoms with Crippen LogP contribution in [0, 0.1) is 5.82 Å². The van der Waals surface area contributed by atoms with Gasteiger partial charge in [-0.25, -0.2) is 14.0 Å². The van der Waals surface area contributed by atoms with Crippen LogP contribution in [0.1, 0.15) is 17.3 Å². The molecule has 104 valence electrons. The van der Waals surface area contributed by atoms with Gasteiger partial charge in [0.15, 0.2) is 0 Å². The zero-order valence-corrected chi connectivity index (χ0v) is 11.4. The lowest BCUT2D eigenvalue weighted by atomic mass is 10.1. The van der Waals surface area contributed by atoms with E-state index in [9.17, 15) is 14.0 Å². The lowest BCUT2D eigenvalue weighted by Crippen LogP contribution is -2.37. The number of carbonyl (C=O) groups is 2. The Hall–Kier alpha value is -1.76. The quantitative estimate of drug-likeness (QED) is 0.776. The van der Waals surface area contributed by atoms with Crippen molar-refractivity contribution < 1.29 is 19.1 Å². The number of amides is 2. The molecule has 5 nitrogen and oxygen atoms in total. The first-order chi connectivity index (χ1) is 8.95. The van der Waals surface area contributed by atoms with Gasteiger partial charge < -0.3 is 15.7 Å². The van der Waals surface area contributed by atoms with E-state index in [1.165, 1.54) is 12.1 Å². The van der Waals surface area contributed by atoms with Crippen molar-refractivity contribution in [3.8, 4) is 0 Å². The highest BCUT2D eigenvalue weighted by Crippen LogP contribution is 2.18. The highest BCUT2D eigenvalue weighted by atomic mass is 32.2. The summed E-state index contributed by atoms with van der Waals surface area (Å²) in [4.78, 5) is 22.6. The number of halogens is 1. The van der Waals surface area contributed by atoms with Gasteiger partial charge in [-0.3, -0.25) is 0 Å². The van der Waals surface area contributed by atoms with Crippen LogP contribution < -0.4 is 10.6 Å². The van der Waals surface area contributed by atoms with Gasteiger partial charge in [0.25, 0.3) is 0 Å². The summed E-state index contributed by atoms with van der Waals surface area (Å²) < 4.78 is 13.4. The molecule has 1 atom stereocenters. The summed E-state index contributed by atoms with van der Waals surface area (Å²) in [6, 6.07) is 3.07. The van der Waals surface area contributed by atoms with Gasteiger partial charge >= 0.3 is 12.0 Å². The average Bonchev–Trinajstić information content (AvgIpc) is 2.28. The molecule has 0 spiro atoms. The van der Waals surface area contributed by atoms with Crippen molar-refractivity contribution in [2.75, 3.05) is 17.3 Å². The highest BCUT2D eigenvalue weighted by Gasteiger charge is 2.17. The molecular weight excluding hydrogens is 271 g/mol. The van der Waals surface area contributed by atoms with E-state index in [-0.39, 0.29) is 11.7 Å². The molecule has 19 heavy (non-hydrogen) atoms. The molecule has 0 bridgehead atoms. The van der Waals surface area contributed by atoms with Gasteiger partial charge in [-0.15, -0.1) is 0 Å². The number of urea groups is 1. The largest absolute Gasteiger partial charge is 0.478 e. The number of thioether (sulfide) groups is 1. The van der Waals surface area contributed by atoms with Crippen LogP contribution in [0.4, 0.5) is 14.9 Å². The Balaban J connectivity index is 2.80. The number of carboxylic acids is 1. The third kappa shape index (κ3) is 4.44. The molecule has 1 aromatic carbocycles. The smallest absolute Gasteiger partial charge is 0.340 e. The summed E-state index contributed by atoms with van der Waals surface area (Å²) in [5.74, 6) is -1.59. The standard InChI is InChI=1S/C12H15FN2O3S/c1-7(6-19-2)14-12(18)15-9-5-3-4-8(13)10(9)11(16)17/h3-5,7H,6H2,1-2H3,(H,16,17)(H2,14,15,18). The molecule has 0 aliphatic carbocycles. The van der Waals surface area contributed by atoms with E-state index < -0.39 is 23.4 Å². The lowest BCUT2D eigenvalue weighted by Gasteiger charge is -2.14. The van der Waals surface area contributed by atoms with Crippen LogP contribution in [0.3, 0.4) is 0 Å². The molecule has 7 heteroatoms. The second-order valence-corrected chi connectivity index (χ2v) is 4.83. The average molecular weight is 286 g/mol. The molecule has 1 rings (SSSR count). The van der Waals surface area contributed by atoms with Crippen molar-refractivity contribution in [3.05, 3.63) is 29.6 Å². The van der Waals surface area contributed by atoms with E-state index in [0.717, 1.165) is 11.8 Å². The maximum atomic E-state index is 13.4. The van der Waals surface area contributed by atoms with Gasteiger partial charge in [-0.1, -0.05) is 6.07 Å². The van der Waals surface area contributed by atoms with Gasteiger partial charge in [0.05, 0.1) is 5.69 Å². The van der Waals surface area contributed by atoms with Crippen LogP contribution in [0.2, 0.25) is 0 Å². The molecule has 0 saturated carbocycles. The first-order valence-corrected chi connectivity index (χ1v) is 6.93. The van der Waals surface area contributed by atoms with Crippen molar-refractivity contribution in [2.24, 2.45) is 0 Å². The van der Waals surface area contributed by atoms with E-state index in [4.69, 9.17) is 5.11 Å².